The van der Waals surface area contributed by atoms with Gasteiger partial charge in [0.15, 0.2) is 0 Å². The number of carbonyl (C=O) groups excluding carboxylic acids is 1. The van der Waals surface area contributed by atoms with E-state index < -0.39 is 0 Å². The van der Waals surface area contributed by atoms with Crippen molar-refractivity contribution in [3.63, 3.8) is 0 Å². The molecule has 0 aliphatic heterocycles. The van der Waals surface area contributed by atoms with E-state index in [9.17, 15) is 9.59 Å². The average molecular weight is 423 g/mol. The van der Waals surface area contributed by atoms with E-state index in [1.165, 1.54) is 10.6 Å². The van der Waals surface area contributed by atoms with Gasteiger partial charge in [0.2, 0.25) is 0 Å². The van der Waals surface area contributed by atoms with Crippen molar-refractivity contribution in [2.45, 2.75) is 6.42 Å². The maximum Gasteiger partial charge on any atom is 0.268 e. The van der Waals surface area contributed by atoms with Gasteiger partial charge in [-0.15, -0.1) is 0 Å². The highest BCUT2D eigenvalue weighted by Gasteiger charge is 2.13. The summed E-state index contributed by atoms with van der Waals surface area (Å²) in [6, 6.07) is 22.3. The molecule has 27 heavy (non-hydrogen) atoms. The van der Waals surface area contributed by atoms with E-state index in [4.69, 9.17) is 0 Å². The summed E-state index contributed by atoms with van der Waals surface area (Å²) in [7, 11) is 0. The molecular formula is C22H19BrN2O2. The van der Waals surface area contributed by atoms with Crippen LogP contribution in [0.5, 0.6) is 0 Å². The topological polar surface area (TPSA) is 51.1 Å². The Bertz CT molecular complexity index is 1010. The third kappa shape index (κ3) is 5.28. The number of halogens is 1. The van der Waals surface area contributed by atoms with E-state index in [-0.39, 0.29) is 17.2 Å². The van der Waals surface area contributed by atoms with Crippen molar-refractivity contribution < 1.29 is 4.79 Å². The van der Waals surface area contributed by atoms with Crippen molar-refractivity contribution in [2.24, 2.45) is 0 Å². The van der Waals surface area contributed by atoms with E-state index in [0.29, 0.717) is 6.54 Å². The lowest BCUT2D eigenvalue weighted by molar-refractivity contribution is -0.115. The SMILES string of the molecule is O=C(NCCc1ccccc1)C(=Cc1cccc(Br)c1)n1ccccc1=O. The van der Waals surface area contributed by atoms with Gasteiger partial charge in [0.25, 0.3) is 11.5 Å². The lowest BCUT2D eigenvalue weighted by Gasteiger charge is -2.12. The molecule has 0 saturated carbocycles. The molecule has 5 heteroatoms. The van der Waals surface area contributed by atoms with Gasteiger partial charge in [0.1, 0.15) is 5.70 Å². The van der Waals surface area contributed by atoms with Gasteiger partial charge in [-0.3, -0.25) is 14.2 Å². The minimum Gasteiger partial charge on any atom is -0.350 e. The van der Waals surface area contributed by atoms with Crippen molar-refractivity contribution in [1.29, 1.82) is 0 Å². The molecule has 1 N–H and O–H groups in total. The van der Waals surface area contributed by atoms with Crippen LogP contribution in [-0.4, -0.2) is 17.0 Å². The summed E-state index contributed by atoms with van der Waals surface area (Å²) in [5.74, 6) is -0.292. The molecule has 3 aromatic rings. The summed E-state index contributed by atoms with van der Waals surface area (Å²) >= 11 is 3.43. The molecule has 0 aliphatic rings. The van der Waals surface area contributed by atoms with Crippen molar-refractivity contribution in [3.05, 3.63) is 105 Å². The largest absolute Gasteiger partial charge is 0.350 e. The Hall–Kier alpha value is -2.92. The molecule has 1 amide bonds. The zero-order valence-electron chi connectivity index (χ0n) is 14.6. The first-order chi connectivity index (χ1) is 13.1. The smallest absolute Gasteiger partial charge is 0.268 e. The fourth-order valence-electron chi connectivity index (χ4n) is 2.68. The molecule has 0 saturated heterocycles. The normalized spacial score (nSPS) is 11.2. The minimum absolute atomic E-state index is 0.253. The molecule has 1 heterocycles. The van der Waals surface area contributed by atoms with E-state index in [0.717, 1.165) is 22.0 Å². The molecular weight excluding hydrogens is 404 g/mol. The molecule has 3 rings (SSSR count). The summed E-state index contributed by atoms with van der Waals surface area (Å²) in [4.78, 5) is 25.1. The molecule has 2 aromatic carbocycles. The predicted octanol–water partition coefficient (Wildman–Crippen LogP) is 3.97. The number of benzene rings is 2. The summed E-state index contributed by atoms with van der Waals surface area (Å²) < 4.78 is 2.26. The Labute approximate surface area is 166 Å². The molecule has 0 unspecified atom stereocenters. The first-order valence-electron chi connectivity index (χ1n) is 8.61. The van der Waals surface area contributed by atoms with Gasteiger partial charge < -0.3 is 5.32 Å². The number of carbonyl (C=O) groups is 1. The van der Waals surface area contributed by atoms with Crippen LogP contribution >= 0.6 is 15.9 Å². The standard InChI is InChI=1S/C22H19BrN2O2/c23-19-10-6-9-18(15-19)16-20(25-14-5-4-11-21(25)26)22(27)24-13-12-17-7-2-1-3-8-17/h1-11,14-16H,12-13H2,(H,24,27). The lowest BCUT2D eigenvalue weighted by Crippen LogP contribution is -2.31. The average Bonchev–Trinajstić information content (AvgIpc) is 2.68. The Balaban J connectivity index is 1.84. The number of amides is 1. The summed E-state index contributed by atoms with van der Waals surface area (Å²) in [5, 5.41) is 2.91. The van der Waals surface area contributed by atoms with Gasteiger partial charge >= 0.3 is 0 Å². The molecule has 136 valence electrons. The second-order valence-corrected chi connectivity index (χ2v) is 6.90. The van der Waals surface area contributed by atoms with Crippen LogP contribution in [0, 0.1) is 0 Å². The number of nitrogens with one attached hydrogen (secondary N) is 1. The number of pyridine rings is 1. The molecule has 0 atom stereocenters. The number of rotatable bonds is 6. The molecule has 0 fully saturated rings. The van der Waals surface area contributed by atoms with Crippen LogP contribution in [0.4, 0.5) is 0 Å². The Morgan fingerprint density at radius 1 is 1.00 bits per heavy atom. The van der Waals surface area contributed by atoms with Crippen molar-refractivity contribution >= 4 is 33.6 Å². The van der Waals surface area contributed by atoms with E-state index in [1.54, 1.807) is 24.4 Å². The third-order valence-corrected chi connectivity index (χ3v) is 4.50. The molecule has 4 nitrogen and oxygen atoms in total. The van der Waals surface area contributed by atoms with Crippen LogP contribution in [0.25, 0.3) is 11.8 Å². The Morgan fingerprint density at radius 2 is 1.78 bits per heavy atom. The first kappa shape index (κ1) is 18.9. The molecule has 0 bridgehead atoms. The molecule has 1 aromatic heterocycles. The quantitative estimate of drug-likeness (QED) is 0.611. The number of nitrogens with zero attached hydrogens (tertiary/aromatic N) is 1. The first-order valence-corrected chi connectivity index (χ1v) is 9.40. The maximum absolute atomic E-state index is 12.8. The fourth-order valence-corrected chi connectivity index (χ4v) is 3.10. The second-order valence-electron chi connectivity index (χ2n) is 5.98. The number of aromatic nitrogens is 1. The van der Waals surface area contributed by atoms with Crippen LogP contribution in [0.3, 0.4) is 0 Å². The number of hydrogen-bond donors (Lipinski definition) is 1. The highest BCUT2D eigenvalue weighted by Crippen LogP contribution is 2.16. The zero-order chi connectivity index (χ0) is 19.1. The fraction of sp³-hybridized carbons (Fsp3) is 0.0909. The molecule has 0 aliphatic carbocycles. The van der Waals surface area contributed by atoms with E-state index in [1.807, 2.05) is 54.6 Å². The molecule has 0 spiro atoms. The zero-order valence-corrected chi connectivity index (χ0v) is 16.2. The van der Waals surface area contributed by atoms with E-state index >= 15 is 0 Å². The second kappa shape index (κ2) is 9.14. The highest BCUT2D eigenvalue weighted by molar-refractivity contribution is 9.10. The van der Waals surface area contributed by atoms with Gasteiger partial charge in [-0.2, -0.15) is 0 Å². The third-order valence-electron chi connectivity index (χ3n) is 4.01. The highest BCUT2D eigenvalue weighted by atomic mass is 79.9. The maximum atomic E-state index is 12.8. The van der Waals surface area contributed by atoms with Gasteiger partial charge in [0.05, 0.1) is 0 Å². The predicted molar refractivity (Wildman–Crippen MR) is 112 cm³/mol. The van der Waals surface area contributed by atoms with Crippen LogP contribution in [-0.2, 0) is 11.2 Å². The summed E-state index contributed by atoms with van der Waals surface area (Å²) in [6.07, 6.45) is 4.04. The minimum atomic E-state index is -0.292. The van der Waals surface area contributed by atoms with Crippen molar-refractivity contribution in [2.75, 3.05) is 6.54 Å². The monoisotopic (exact) mass is 422 g/mol. The Kier molecular flexibility index (Phi) is 6.39. The van der Waals surface area contributed by atoms with Gasteiger partial charge in [-0.1, -0.05) is 64.5 Å². The molecule has 0 radical (unpaired) electrons. The van der Waals surface area contributed by atoms with E-state index in [2.05, 4.69) is 21.2 Å². The number of hydrogen-bond acceptors (Lipinski definition) is 2. The van der Waals surface area contributed by atoms with Gasteiger partial charge in [-0.05, 0) is 41.8 Å². The lowest BCUT2D eigenvalue weighted by atomic mass is 10.1. The van der Waals surface area contributed by atoms with Crippen molar-refractivity contribution in [1.82, 2.24) is 9.88 Å². The van der Waals surface area contributed by atoms with Crippen LogP contribution in [0.15, 0.2) is 88.3 Å². The Morgan fingerprint density at radius 3 is 2.52 bits per heavy atom. The van der Waals surface area contributed by atoms with Crippen LogP contribution in [0.1, 0.15) is 11.1 Å². The van der Waals surface area contributed by atoms with Crippen LogP contribution in [0.2, 0.25) is 0 Å². The van der Waals surface area contributed by atoms with Gasteiger partial charge in [-0.25, -0.2) is 0 Å². The van der Waals surface area contributed by atoms with Gasteiger partial charge in [0, 0.05) is 23.3 Å². The summed E-state index contributed by atoms with van der Waals surface area (Å²) in [5.41, 5.74) is 2.00. The van der Waals surface area contributed by atoms with Crippen molar-refractivity contribution in [3.8, 4) is 0 Å². The van der Waals surface area contributed by atoms with Crippen LogP contribution < -0.4 is 10.9 Å². The summed E-state index contributed by atoms with van der Waals surface area (Å²) in [6.45, 7) is 0.486.